The van der Waals surface area contributed by atoms with Gasteiger partial charge in [0.2, 0.25) is 5.91 Å². The molecule has 2 aliphatic rings. The lowest BCUT2D eigenvalue weighted by Crippen LogP contribution is -2.33. The van der Waals surface area contributed by atoms with Crippen LogP contribution in [-0.2, 0) is 14.4 Å². The lowest BCUT2D eigenvalue weighted by Gasteiger charge is -2.14. The average Bonchev–Trinajstić information content (AvgIpc) is 3.19. The van der Waals surface area contributed by atoms with Crippen molar-refractivity contribution in [1.82, 2.24) is 0 Å². The van der Waals surface area contributed by atoms with Crippen molar-refractivity contribution >= 4 is 34.6 Å². The topological polar surface area (TPSA) is 63.7 Å². The summed E-state index contributed by atoms with van der Waals surface area (Å²) in [7, 11) is 0. The minimum atomic E-state index is -0.447. The molecular formula is C24H15NO4. The lowest BCUT2D eigenvalue weighted by molar-refractivity contribution is -0.127. The molecule has 0 aromatic heterocycles. The number of anilines is 1. The van der Waals surface area contributed by atoms with Crippen LogP contribution < -0.4 is 20.1 Å². The third-order valence-electron chi connectivity index (χ3n) is 5.14. The van der Waals surface area contributed by atoms with Crippen molar-refractivity contribution in [2.45, 2.75) is 6.92 Å². The van der Waals surface area contributed by atoms with Gasteiger partial charge in [0.1, 0.15) is 5.75 Å². The number of fused-ring (bicyclic) bond motifs is 2. The van der Waals surface area contributed by atoms with Crippen LogP contribution in [0.4, 0.5) is 5.69 Å². The summed E-state index contributed by atoms with van der Waals surface area (Å²) >= 11 is 0. The quantitative estimate of drug-likeness (QED) is 0.502. The van der Waals surface area contributed by atoms with E-state index < -0.39 is 5.97 Å². The summed E-state index contributed by atoms with van der Waals surface area (Å²) in [6.45, 7) is 1.35. The Morgan fingerprint density at radius 3 is 1.97 bits per heavy atom. The number of hydrogen-bond donors (Lipinski definition) is 0. The Bertz CT molecular complexity index is 1320. The predicted molar refractivity (Wildman–Crippen MR) is 107 cm³/mol. The molecule has 5 nitrogen and oxygen atoms in total. The van der Waals surface area contributed by atoms with Crippen molar-refractivity contribution < 1.29 is 19.1 Å². The van der Waals surface area contributed by atoms with Crippen LogP contribution in [0.25, 0.3) is 11.1 Å². The summed E-state index contributed by atoms with van der Waals surface area (Å²) in [4.78, 5) is 39.1. The Hall–Kier alpha value is -3.99. The number of benzene rings is 3. The Morgan fingerprint density at radius 2 is 1.38 bits per heavy atom. The molecule has 5 heteroatoms. The zero-order valence-corrected chi connectivity index (χ0v) is 15.5. The van der Waals surface area contributed by atoms with Gasteiger partial charge < -0.3 is 4.74 Å². The van der Waals surface area contributed by atoms with Crippen molar-refractivity contribution in [1.29, 1.82) is 0 Å². The fourth-order valence-corrected chi connectivity index (χ4v) is 3.91. The summed E-state index contributed by atoms with van der Waals surface area (Å²) in [5.41, 5.74) is 2.74. The molecule has 2 heterocycles. The molecule has 5 rings (SSSR count). The smallest absolute Gasteiger partial charge is 0.344 e. The first-order valence-electron chi connectivity index (χ1n) is 9.17. The number of ether oxygens (including phenoxy) is 1. The lowest BCUT2D eigenvalue weighted by atomic mass is 10.0. The van der Waals surface area contributed by atoms with E-state index in [1.54, 1.807) is 12.1 Å². The Balaban J connectivity index is 1.86. The molecule has 0 N–H and O–H groups in total. The highest BCUT2D eigenvalue weighted by atomic mass is 16.5. The number of esters is 1. The van der Waals surface area contributed by atoms with Gasteiger partial charge in [-0.25, -0.2) is 9.69 Å². The van der Waals surface area contributed by atoms with Crippen LogP contribution in [0.15, 0.2) is 72.8 Å². The summed E-state index contributed by atoms with van der Waals surface area (Å²) in [6, 6.07) is 21.8. The minimum Gasteiger partial charge on any atom is -0.422 e. The third kappa shape index (κ3) is 2.51. The van der Waals surface area contributed by atoms with E-state index >= 15 is 0 Å². The van der Waals surface area contributed by atoms with Gasteiger partial charge in [0.15, 0.2) is 0 Å². The Morgan fingerprint density at radius 1 is 0.793 bits per heavy atom. The second-order valence-electron chi connectivity index (χ2n) is 6.90. The molecule has 3 aromatic carbocycles. The van der Waals surface area contributed by atoms with Gasteiger partial charge in [-0.15, -0.1) is 0 Å². The van der Waals surface area contributed by atoms with Crippen molar-refractivity contribution in [2.75, 3.05) is 4.90 Å². The summed E-state index contributed by atoms with van der Waals surface area (Å²) < 4.78 is 5.51. The van der Waals surface area contributed by atoms with E-state index in [1.807, 2.05) is 60.7 Å². The molecule has 140 valence electrons. The van der Waals surface area contributed by atoms with Crippen molar-refractivity contribution in [3.8, 4) is 5.75 Å². The number of nitrogens with zero attached hydrogens (tertiary/aromatic N) is 1. The second kappa shape index (κ2) is 6.27. The average molecular weight is 381 g/mol. The van der Waals surface area contributed by atoms with Crippen molar-refractivity contribution in [3.05, 3.63) is 94.4 Å². The molecule has 0 atom stereocenters. The zero-order chi connectivity index (χ0) is 20.1. The first-order chi connectivity index (χ1) is 14.1. The number of hydrogen-bond acceptors (Lipinski definition) is 4. The highest BCUT2D eigenvalue weighted by Crippen LogP contribution is 2.29. The highest BCUT2D eigenvalue weighted by Gasteiger charge is 2.35. The molecule has 3 aromatic rings. The van der Waals surface area contributed by atoms with E-state index in [0.29, 0.717) is 38.6 Å². The van der Waals surface area contributed by atoms with E-state index in [0.717, 1.165) is 10.5 Å². The molecule has 0 spiro atoms. The maximum Gasteiger partial charge on any atom is 0.344 e. The van der Waals surface area contributed by atoms with Gasteiger partial charge in [-0.1, -0.05) is 60.7 Å². The first-order valence-corrected chi connectivity index (χ1v) is 9.17. The van der Waals surface area contributed by atoms with E-state index in [9.17, 15) is 14.4 Å². The molecule has 0 fully saturated rings. The minimum absolute atomic E-state index is 0.380. The third-order valence-corrected chi connectivity index (χ3v) is 5.14. The fourth-order valence-electron chi connectivity index (χ4n) is 3.91. The Kier molecular flexibility index (Phi) is 3.71. The molecule has 2 aliphatic heterocycles. The number of carbonyl (C=O) groups is 3. The first kappa shape index (κ1) is 17.1. The van der Waals surface area contributed by atoms with Gasteiger partial charge in [0.25, 0.3) is 5.91 Å². The van der Waals surface area contributed by atoms with Crippen LogP contribution in [0, 0.1) is 0 Å². The maximum atomic E-state index is 13.1. The van der Waals surface area contributed by atoms with Gasteiger partial charge in [0.05, 0.1) is 16.8 Å². The van der Waals surface area contributed by atoms with Crippen molar-refractivity contribution in [3.63, 3.8) is 0 Å². The molecular weight excluding hydrogens is 366 g/mol. The number of amides is 2. The number of carbonyl (C=O) groups excluding carboxylic acids is 3. The van der Waals surface area contributed by atoms with E-state index in [1.165, 1.54) is 6.92 Å². The van der Waals surface area contributed by atoms with Crippen LogP contribution in [0.3, 0.4) is 0 Å². The normalized spacial score (nSPS) is 14.7. The summed E-state index contributed by atoms with van der Waals surface area (Å²) in [5.74, 6) is -0.820. The summed E-state index contributed by atoms with van der Waals surface area (Å²) in [5, 5.41) is 1.16. The molecule has 0 aliphatic carbocycles. The SMILES string of the molecule is CC(=O)N1C(=O)C(c2ccccc2)=c2cc3c(cc21)=C(c1ccccc1)C(=O)O3. The van der Waals surface area contributed by atoms with Crippen LogP contribution in [-0.4, -0.2) is 17.8 Å². The maximum absolute atomic E-state index is 13.1. The molecule has 0 saturated heterocycles. The van der Waals surface area contributed by atoms with Crippen LogP contribution in [0.5, 0.6) is 5.75 Å². The van der Waals surface area contributed by atoms with E-state index in [4.69, 9.17) is 4.74 Å². The van der Waals surface area contributed by atoms with Gasteiger partial charge in [-0.05, 0) is 23.3 Å². The van der Waals surface area contributed by atoms with E-state index in [2.05, 4.69) is 0 Å². The van der Waals surface area contributed by atoms with Gasteiger partial charge >= 0.3 is 5.97 Å². The van der Waals surface area contributed by atoms with Crippen LogP contribution in [0.1, 0.15) is 18.1 Å². The number of rotatable bonds is 2. The predicted octanol–water partition coefficient (Wildman–Crippen LogP) is 1.90. The van der Waals surface area contributed by atoms with Gasteiger partial charge in [-0.3, -0.25) is 9.59 Å². The largest absolute Gasteiger partial charge is 0.422 e. The summed E-state index contributed by atoms with van der Waals surface area (Å²) in [6.07, 6.45) is 0. The molecule has 0 unspecified atom stereocenters. The van der Waals surface area contributed by atoms with Crippen LogP contribution >= 0.6 is 0 Å². The van der Waals surface area contributed by atoms with E-state index in [-0.39, 0.29) is 11.8 Å². The Labute approximate surface area is 166 Å². The number of imide groups is 1. The molecule has 2 amide bonds. The molecule has 29 heavy (non-hydrogen) atoms. The zero-order valence-electron chi connectivity index (χ0n) is 15.5. The molecule has 0 bridgehead atoms. The van der Waals surface area contributed by atoms with Crippen molar-refractivity contribution in [2.24, 2.45) is 0 Å². The molecule has 0 saturated carbocycles. The fraction of sp³-hybridized carbons (Fsp3) is 0.0417. The second-order valence-corrected chi connectivity index (χ2v) is 6.90. The van der Waals surface area contributed by atoms with Crippen LogP contribution in [0.2, 0.25) is 0 Å². The van der Waals surface area contributed by atoms with Gasteiger partial charge in [-0.2, -0.15) is 0 Å². The molecule has 0 radical (unpaired) electrons. The standard InChI is InChI=1S/C24H15NO4/c1-14(26)25-19-12-18-20(29-24(28)22(18)16-10-6-3-7-11-16)13-17(19)21(23(25)27)15-8-4-2-5-9-15/h2-13H,1H3. The van der Waals surface area contributed by atoms with Gasteiger partial charge in [0, 0.05) is 17.4 Å². The highest BCUT2D eigenvalue weighted by molar-refractivity contribution is 6.37. The monoisotopic (exact) mass is 381 g/mol.